The summed E-state index contributed by atoms with van der Waals surface area (Å²) < 4.78 is 38.9. The van der Waals surface area contributed by atoms with Gasteiger partial charge in [0.25, 0.3) is 0 Å². The second kappa shape index (κ2) is 9.89. The van der Waals surface area contributed by atoms with E-state index in [4.69, 9.17) is 9.47 Å². The smallest absolute Gasteiger partial charge is 0.243 e. The van der Waals surface area contributed by atoms with Gasteiger partial charge >= 0.3 is 0 Å². The van der Waals surface area contributed by atoms with E-state index in [-0.39, 0.29) is 36.5 Å². The SMILES string of the molecule is C[C@@H](NCC(=O)N1CCN(S(=O)(=O)c2ccc3c(c2)OCCCO3)CC1)c1ccccc1. The van der Waals surface area contributed by atoms with Gasteiger partial charge in [0.1, 0.15) is 0 Å². The van der Waals surface area contributed by atoms with Gasteiger partial charge in [0, 0.05) is 44.7 Å². The van der Waals surface area contributed by atoms with Crippen LogP contribution in [-0.4, -0.2) is 69.5 Å². The Kier molecular flexibility index (Phi) is 6.98. The fourth-order valence-corrected chi connectivity index (χ4v) is 5.28. The lowest BCUT2D eigenvalue weighted by Gasteiger charge is -2.34. The van der Waals surface area contributed by atoms with Gasteiger partial charge in [0.05, 0.1) is 24.7 Å². The van der Waals surface area contributed by atoms with Crippen LogP contribution in [0.2, 0.25) is 0 Å². The molecule has 0 aliphatic carbocycles. The number of hydrogen-bond acceptors (Lipinski definition) is 6. The third kappa shape index (κ3) is 5.06. The highest BCUT2D eigenvalue weighted by Crippen LogP contribution is 2.33. The summed E-state index contributed by atoms with van der Waals surface area (Å²) in [4.78, 5) is 14.5. The molecule has 0 spiro atoms. The highest BCUT2D eigenvalue weighted by molar-refractivity contribution is 7.89. The molecule has 0 aromatic heterocycles. The maximum Gasteiger partial charge on any atom is 0.243 e. The monoisotopic (exact) mass is 459 g/mol. The number of hydrogen-bond donors (Lipinski definition) is 1. The van der Waals surface area contributed by atoms with E-state index >= 15 is 0 Å². The van der Waals surface area contributed by atoms with Crippen LogP contribution in [0.3, 0.4) is 0 Å². The lowest BCUT2D eigenvalue weighted by Crippen LogP contribution is -2.52. The third-order valence-electron chi connectivity index (χ3n) is 5.81. The topological polar surface area (TPSA) is 88.2 Å². The molecule has 2 aliphatic rings. The van der Waals surface area contributed by atoms with Crippen molar-refractivity contribution in [1.82, 2.24) is 14.5 Å². The van der Waals surface area contributed by atoms with Gasteiger partial charge in [0.2, 0.25) is 15.9 Å². The van der Waals surface area contributed by atoms with Gasteiger partial charge in [0.15, 0.2) is 11.5 Å². The van der Waals surface area contributed by atoms with Gasteiger partial charge in [-0.25, -0.2) is 8.42 Å². The predicted octanol–water partition coefficient (Wildman–Crippen LogP) is 2.03. The van der Waals surface area contributed by atoms with Crippen LogP contribution >= 0.6 is 0 Å². The Morgan fingerprint density at radius 2 is 1.69 bits per heavy atom. The number of nitrogens with zero attached hydrogens (tertiary/aromatic N) is 2. The molecule has 172 valence electrons. The average molecular weight is 460 g/mol. The summed E-state index contributed by atoms with van der Waals surface area (Å²) in [6.07, 6.45) is 0.756. The Hall–Kier alpha value is -2.62. The fourth-order valence-electron chi connectivity index (χ4n) is 3.84. The number of benzene rings is 2. The van der Waals surface area contributed by atoms with Crippen LogP contribution < -0.4 is 14.8 Å². The zero-order chi connectivity index (χ0) is 22.6. The minimum atomic E-state index is -3.67. The van der Waals surface area contributed by atoms with Crippen molar-refractivity contribution in [3.05, 3.63) is 54.1 Å². The van der Waals surface area contributed by atoms with Crippen LogP contribution in [0, 0.1) is 0 Å². The first-order valence-electron chi connectivity index (χ1n) is 10.9. The lowest BCUT2D eigenvalue weighted by atomic mass is 10.1. The molecule has 2 aliphatic heterocycles. The van der Waals surface area contributed by atoms with E-state index in [2.05, 4.69) is 5.32 Å². The molecule has 0 bridgehead atoms. The Morgan fingerprint density at radius 3 is 2.41 bits per heavy atom. The number of carbonyl (C=O) groups is 1. The Balaban J connectivity index is 1.32. The maximum absolute atomic E-state index is 13.1. The summed E-state index contributed by atoms with van der Waals surface area (Å²) in [5, 5.41) is 3.25. The number of rotatable bonds is 6. The lowest BCUT2D eigenvalue weighted by molar-refractivity contribution is -0.131. The van der Waals surface area contributed by atoms with Crippen molar-refractivity contribution in [3.8, 4) is 11.5 Å². The minimum absolute atomic E-state index is 0.0274. The van der Waals surface area contributed by atoms with Gasteiger partial charge in [-0.1, -0.05) is 30.3 Å². The van der Waals surface area contributed by atoms with E-state index in [1.807, 2.05) is 37.3 Å². The highest BCUT2D eigenvalue weighted by Gasteiger charge is 2.31. The largest absolute Gasteiger partial charge is 0.490 e. The number of piperazine rings is 1. The van der Waals surface area contributed by atoms with E-state index in [9.17, 15) is 13.2 Å². The Morgan fingerprint density at radius 1 is 1.00 bits per heavy atom. The predicted molar refractivity (Wildman–Crippen MR) is 120 cm³/mol. The first-order valence-corrected chi connectivity index (χ1v) is 12.3. The number of ether oxygens (including phenoxy) is 2. The first kappa shape index (κ1) is 22.6. The van der Waals surface area contributed by atoms with Gasteiger partial charge in [-0.3, -0.25) is 4.79 Å². The van der Waals surface area contributed by atoms with Gasteiger partial charge in [-0.15, -0.1) is 0 Å². The molecule has 0 saturated carbocycles. The number of nitrogens with one attached hydrogen (secondary N) is 1. The summed E-state index contributed by atoms with van der Waals surface area (Å²) in [7, 11) is -3.67. The molecule has 2 aromatic rings. The van der Waals surface area contributed by atoms with Crippen LogP contribution in [0.4, 0.5) is 0 Å². The van der Waals surface area contributed by atoms with E-state index in [0.29, 0.717) is 37.8 Å². The molecule has 2 heterocycles. The fraction of sp³-hybridized carbons (Fsp3) is 0.435. The van der Waals surface area contributed by atoms with Crippen molar-refractivity contribution in [1.29, 1.82) is 0 Å². The first-order chi connectivity index (χ1) is 15.4. The molecule has 1 atom stereocenters. The summed E-state index contributed by atoms with van der Waals surface area (Å²) >= 11 is 0. The normalized spacial score (nSPS) is 18.1. The average Bonchev–Trinajstić information content (AvgIpc) is 3.08. The molecule has 0 radical (unpaired) electrons. The van der Waals surface area contributed by atoms with Crippen molar-refractivity contribution >= 4 is 15.9 Å². The van der Waals surface area contributed by atoms with Crippen LogP contribution in [0.15, 0.2) is 53.4 Å². The van der Waals surface area contributed by atoms with Crippen LogP contribution in [0.25, 0.3) is 0 Å². The summed E-state index contributed by atoms with van der Waals surface area (Å²) in [6, 6.07) is 14.7. The minimum Gasteiger partial charge on any atom is -0.490 e. The highest BCUT2D eigenvalue weighted by atomic mass is 32.2. The zero-order valence-electron chi connectivity index (χ0n) is 18.2. The molecule has 9 heteroatoms. The van der Waals surface area contributed by atoms with Crippen LogP contribution in [0.1, 0.15) is 24.9 Å². The summed E-state index contributed by atoms with van der Waals surface area (Å²) in [6.45, 7) is 4.53. The number of amides is 1. The molecule has 32 heavy (non-hydrogen) atoms. The van der Waals surface area contributed by atoms with Crippen molar-refractivity contribution in [2.24, 2.45) is 0 Å². The molecule has 1 N–H and O–H groups in total. The second-order valence-corrected chi connectivity index (χ2v) is 9.90. The van der Waals surface area contributed by atoms with Crippen molar-refractivity contribution < 1.29 is 22.7 Å². The molecule has 1 fully saturated rings. The number of carbonyl (C=O) groups excluding carboxylic acids is 1. The number of sulfonamides is 1. The third-order valence-corrected chi connectivity index (χ3v) is 7.70. The molecule has 0 unspecified atom stereocenters. The van der Waals surface area contributed by atoms with Crippen LogP contribution in [-0.2, 0) is 14.8 Å². The van der Waals surface area contributed by atoms with Crippen LogP contribution in [0.5, 0.6) is 11.5 Å². The Bertz CT molecular complexity index is 1040. The molecule has 8 nitrogen and oxygen atoms in total. The van der Waals surface area contributed by atoms with Gasteiger partial charge in [-0.2, -0.15) is 4.31 Å². The summed E-state index contributed by atoms with van der Waals surface area (Å²) in [5.74, 6) is 0.991. The quantitative estimate of drug-likeness (QED) is 0.711. The molecular weight excluding hydrogens is 430 g/mol. The van der Waals surface area contributed by atoms with E-state index in [1.165, 1.54) is 10.4 Å². The van der Waals surface area contributed by atoms with Crippen molar-refractivity contribution in [3.63, 3.8) is 0 Å². The van der Waals surface area contributed by atoms with Crippen molar-refractivity contribution in [2.75, 3.05) is 45.9 Å². The molecule has 4 rings (SSSR count). The maximum atomic E-state index is 13.1. The summed E-state index contributed by atoms with van der Waals surface area (Å²) in [5.41, 5.74) is 1.12. The Labute approximate surface area is 189 Å². The van der Waals surface area contributed by atoms with Gasteiger partial charge in [-0.05, 0) is 24.6 Å². The zero-order valence-corrected chi connectivity index (χ0v) is 19.0. The van der Waals surface area contributed by atoms with E-state index in [0.717, 1.165) is 12.0 Å². The molecule has 1 amide bonds. The second-order valence-electron chi connectivity index (χ2n) is 7.96. The molecule has 2 aromatic carbocycles. The van der Waals surface area contributed by atoms with E-state index < -0.39 is 10.0 Å². The standard InChI is InChI=1S/C23H29N3O5S/c1-18(19-6-3-2-4-7-19)24-17-23(27)25-10-12-26(13-11-25)32(28,29)20-8-9-21-22(16-20)31-15-5-14-30-21/h2-4,6-9,16,18,24H,5,10-15,17H2,1H3/t18-/m1/s1. The van der Waals surface area contributed by atoms with Gasteiger partial charge < -0.3 is 19.7 Å². The number of fused-ring (bicyclic) bond motifs is 1. The van der Waals surface area contributed by atoms with E-state index in [1.54, 1.807) is 17.0 Å². The molecule has 1 saturated heterocycles. The van der Waals surface area contributed by atoms with Crippen molar-refractivity contribution in [2.45, 2.75) is 24.3 Å². The molecular formula is C23H29N3O5S.